The van der Waals surface area contributed by atoms with Crippen LogP contribution in [0.4, 0.5) is 0 Å². The number of aromatic nitrogens is 2. The van der Waals surface area contributed by atoms with E-state index >= 15 is 0 Å². The maximum Gasteiger partial charge on any atom is 0.213 e. The number of para-hydroxylation sites is 1. The van der Waals surface area contributed by atoms with E-state index in [1.807, 2.05) is 6.07 Å². The molecular weight excluding hydrogens is 358 g/mol. The number of benzene rings is 1. The summed E-state index contributed by atoms with van der Waals surface area (Å²) in [7, 11) is 1.76. The summed E-state index contributed by atoms with van der Waals surface area (Å²) in [5.74, 6) is 2.30. The van der Waals surface area contributed by atoms with Crippen molar-refractivity contribution in [1.29, 1.82) is 0 Å². The highest BCUT2D eigenvalue weighted by atomic mass is 32.1. The second-order valence-corrected chi connectivity index (χ2v) is 8.51. The Morgan fingerprint density at radius 1 is 1.22 bits per heavy atom. The van der Waals surface area contributed by atoms with Gasteiger partial charge in [-0.1, -0.05) is 32.9 Å². The van der Waals surface area contributed by atoms with Gasteiger partial charge in [0.15, 0.2) is 5.96 Å². The normalized spacial score (nSPS) is 12.5. The van der Waals surface area contributed by atoms with Crippen LogP contribution in [0.2, 0.25) is 0 Å². The molecule has 0 spiro atoms. The van der Waals surface area contributed by atoms with Crippen LogP contribution in [-0.4, -0.2) is 29.5 Å². The molecule has 0 saturated carbocycles. The summed E-state index contributed by atoms with van der Waals surface area (Å²) in [4.78, 5) is 13.2. The number of nitrogens with zero attached hydrogens (tertiary/aromatic N) is 3. The minimum absolute atomic E-state index is 0.0359. The number of hydrogen-bond acceptors (Lipinski definition) is 5. The molecule has 2 heterocycles. The molecule has 3 aromatic rings. The zero-order valence-electron chi connectivity index (χ0n) is 16.4. The molecule has 0 aliphatic rings. The maximum atomic E-state index is 5.79. The van der Waals surface area contributed by atoms with E-state index in [9.17, 15) is 0 Å². The van der Waals surface area contributed by atoms with Crippen LogP contribution in [0.15, 0.2) is 39.9 Å². The molecule has 0 fully saturated rings. The van der Waals surface area contributed by atoms with Crippen LogP contribution in [0, 0.1) is 0 Å². The lowest BCUT2D eigenvalue weighted by molar-refractivity contribution is 0.379. The molecule has 0 saturated heterocycles. The summed E-state index contributed by atoms with van der Waals surface area (Å²) in [5, 5.41) is 7.74. The topological polar surface area (TPSA) is 75.3 Å². The fraction of sp³-hybridized carbons (Fsp3) is 0.450. The fourth-order valence-corrected chi connectivity index (χ4v) is 3.60. The van der Waals surface area contributed by atoms with E-state index in [0.29, 0.717) is 12.4 Å². The number of aliphatic imine (C=N–C) groups is 1. The van der Waals surface area contributed by atoms with E-state index in [0.717, 1.165) is 36.6 Å². The molecule has 1 aromatic carbocycles. The van der Waals surface area contributed by atoms with Gasteiger partial charge in [0.2, 0.25) is 5.89 Å². The first-order valence-corrected chi connectivity index (χ1v) is 10.0. The molecule has 6 nitrogen and oxygen atoms in total. The van der Waals surface area contributed by atoms with Gasteiger partial charge in [0.1, 0.15) is 5.76 Å². The highest BCUT2D eigenvalue weighted by Gasteiger charge is 2.19. The second-order valence-electron chi connectivity index (χ2n) is 7.40. The first-order chi connectivity index (χ1) is 13.0. The molecule has 0 radical (unpaired) electrons. The van der Waals surface area contributed by atoms with Crippen molar-refractivity contribution in [2.45, 2.75) is 45.6 Å². The number of hydrogen-bond donors (Lipinski definition) is 2. The largest absolute Gasteiger partial charge is 0.443 e. The highest BCUT2D eigenvalue weighted by molar-refractivity contribution is 7.18. The van der Waals surface area contributed by atoms with Gasteiger partial charge in [0, 0.05) is 25.4 Å². The van der Waals surface area contributed by atoms with E-state index in [2.05, 4.69) is 64.6 Å². The van der Waals surface area contributed by atoms with Gasteiger partial charge < -0.3 is 15.1 Å². The Morgan fingerprint density at radius 2 is 2.04 bits per heavy atom. The molecule has 0 bridgehead atoms. The third-order valence-corrected chi connectivity index (χ3v) is 5.22. The summed E-state index contributed by atoms with van der Waals surface area (Å²) < 4.78 is 7.04. The van der Waals surface area contributed by atoms with Crippen LogP contribution in [0.5, 0.6) is 0 Å². The fourth-order valence-electron chi connectivity index (χ4n) is 2.59. The van der Waals surface area contributed by atoms with Crippen molar-refractivity contribution in [3.05, 3.63) is 47.1 Å². The lowest BCUT2D eigenvalue weighted by Crippen LogP contribution is -2.37. The summed E-state index contributed by atoms with van der Waals surface area (Å²) in [5.41, 5.74) is 1.05. The van der Waals surface area contributed by atoms with E-state index in [1.54, 1.807) is 24.6 Å². The summed E-state index contributed by atoms with van der Waals surface area (Å²) in [6, 6.07) is 8.27. The molecule has 7 heteroatoms. The summed E-state index contributed by atoms with van der Waals surface area (Å²) >= 11 is 1.77. The van der Waals surface area contributed by atoms with Crippen LogP contribution in [0.25, 0.3) is 10.2 Å². The Bertz CT molecular complexity index is 873. The minimum atomic E-state index is -0.0359. The van der Waals surface area contributed by atoms with Gasteiger partial charge in [0.25, 0.3) is 0 Å². The van der Waals surface area contributed by atoms with Gasteiger partial charge in [-0.25, -0.2) is 9.97 Å². The number of rotatable bonds is 6. The Balaban J connectivity index is 1.42. The third-order valence-electron chi connectivity index (χ3n) is 4.12. The van der Waals surface area contributed by atoms with E-state index < -0.39 is 0 Å². The first-order valence-electron chi connectivity index (χ1n) is 9.20. The molecule has 0 atom stereocenters. The van der Waals surface area contributed by atoms with Gasteiger partial charge >= 0.3 is 0 Å². The Labute approximate surface area is 164 Å². The molecule has 0 aliphatic heterocycles. The number of thiazole rings is 1. The first kappa shape index (κ1) is 19.4. The quantitative estimate of drug-likeness (QED) is 0.383. The van der Waals surface area contributed by atoms with Crippen LogP contribution >= 0.6 is 11.3 Å². The average molecular weight is 386 g/mol. The number of fused-ring (bicyclic) bond motifs is 1. The van der Waals surface area contributed by atoms with Crippen molar-refractivity contribution in [2.24, 2.45) is 4.99 Å². The highest BCUT2D eigenvalue weighted by Crippen LogP contribution is 2.23. The van der Waals surface area contributed by atoms with Gasteiger partial charge in [0.05, 0.1) is 28.0 Å². The van der Waals surface area contributed by atoms with Crippen molar-refractivity contribution >= 4 is 27.5 Å². The lowest BCUT2D eigenvalue weighted by Gasteiger charge is -2.13. The molecule has 27 heavy (non-hydrogen) atoms. The number of oxazole rings is 1. The monoisotopic (exact) mass is 385 g/mol. The van der Waals surface area contributed by atoms with Crippen LogP contribution in [-0.2, 0) is 18.4 Å². The van der Waals surface area contributed by atoms with E-state index in [-0.39, 0.29) is 5.41 Å². The zero-order valence-corrected chi connectivity index (χ0v) is 17.2. The molecular formula is C20H27N5OS. The smallest absolute Gasteiger partial charge is 0.213 e. The Morgan fingerprint density at radius 3 is 2.74 bits per heavy atom. The number of guanidine groups is 1. The molecule has 0 unspecified atom stereocenters. The molecule has 2 N–H and O–H groups in total. The van der Waals surface area contributed by atoms with Crippen molar-refractivity contribution < 1.29 is 4.42 Å². The lowest BCUT2D eigenvalue weighted by atomic mass is 9.94. The average Bonchev–Trinajstić information content (AvgIpc) is 3.27. The molecule has 0 amide bonds. The van der Waals surface area contributed by atoms with Crippen molar-refractivity contribution in [3.63, 3.8) is 0 Å². The third kappa shape index (κ3) is 5.29. The maximum absolute atomic E-state index is 5.79. The molecule has 144 valence electrons. The van der Waals surface area contributed by atoms with Crippen LogP contribution in [0.3, 0.4) is 0 Å². The Kier molecular flexibility index (Phi) is 6.11. The molecule has 2 aromatic heterocycles. The predicted octanol–water partition coefficient (Wildman–Crippen LogP) is 3.88. The number of nitrogens with one attached hydrogen (secondary N) is 2. The van der Waals surface area contributed by atoms with Crippen LogP contribution in [0.1, 0.15) is 43.9 Å². The predicted molar refractivity (Wildman–Crippen MR) is 111 cm³/mol. The summed E-state index contributed by atoms with van der Waals surface area (Å²) in [6.07, 6.45) is 3.75. The van der Waals surface area contributed by atoms with Gasteiger partial charge in [-0.15, -0.1) is 11.3 Å². The Hall–Kier alpha value is -2.41. The van der Waals surface area contributed by atoms with E-state index in [1.165, 1.54) is 9.71 Å². The van der Waals surface area contributed by atoms with Crippen molar-refractivity contribution in [1.82, 2.24) is 20.6 Å². The van der Waals surface area contributed by atoms with E-state index in [4.69, 9.17) is 4.42 Å². The SMILES string of the molecule is CN=C(NCCCc1nc2ccccc2s1)NCc1ncc(C(C)(C)C)o1. The minimum Gasteiger partial charge on any atom is -0.443 e. The van der Waals surface area contributed by atoms with Crippen molar-refractivity contribution in [3.8, 4) is 0 Å². The second kappa shape index (κ2) is 8.52. The van der Waals surface area contributed by atoms with Gasteiger partial charge in [-0.3, -0.25) is 4.99 Å². The molecule has 0 aliphatic carbocycles. The van der Waals surface area contributed by atoms with Crippen molar-refractivity contribution in [2.75, 3.05) is 13.6 Å². The van der Waals surface area contributed by atoms with Gasteiger partial charge in [-0.05, 0) is 18.6 Å². The van der Waals surface area contributed by atoms with Crippen LogP contribution < -0.4 is 10.6 Å². The summed E-state index contributed by atoms with van der Waals surface area (Å²) in [6.45, 7) is 7.66. The number of aryl methyl sites for hydroxylation is 1. The zero-order chi connectivity index (χ0) is 19.3. The van der Waals surface area contributed by atoms with Gasteiger partial charge in [-0.2, -0.15) is 0 Å². The molecule has 3 rings (SSSR count). The standard InChI is InChI=1S/C20H27N5OS/c1-20(2,3)16-12-23-17(26-16)13-24-19(21-4)22-11-7-10-18-25-14-8-5-6-9-15(14)27-18/h5-6,8-9,12H,7,10-11,13H2,1-4H3,(H2,21,22,24).